The van der Waals surface area contributed by atoms with E-state index in [2.05, 4.69) is 27.3 Å². The van der Waals surface area contributed by atoms with Crippen molar-refractivity contribution >= 4 is 16.3 Å². The van der Waals surface area contributed by atoms with Gasteiger partial charge in [0.05, 0.1) is 11.1 Å². The van der Waals surface area contributed by atoms with Crippen molar-refractivity contribution in [2.45, 2.75) is 38.2 Å². The highest BCUT2D eigenvalue weighted by Gasteiger charge is 2.25. The zero-order valence-electron chi connectivity index (χ0n) is 12.2. The summed E-state index contributed by atoms with van der Waals surface area (Å²) in [6.45, 7) is 5.24. The van der Waals surface area contributed by atoms with Gasteiger partial charge in [0.15, 0.2) is 0 Å². The quantitative estimate of drug-likeness (QED) is 0.925. The Bertz CT molecular complexity index is 381. The van der Waals surface area contributed by atoms with Gasteiger partial charge in [-0.2, -0.15) is 0 Å². The molecule has 0 aromatic carbocycles. The minimum Gasteiger partial charge on any atom is -0.392 e. The topological polar surface area (TPSA) is 26.7 Å². The molecule has 0 amide bonds. The first-order chi connectivity index (χ1) is 9.83. The van der Waals surface area contributed by atoms with Gasteiger partial charge in [-0.25, -0.2) is 0 Å². The largest absolute Gasteiger partial charge is 0.392 e. The second kappa shape index (κ2) is 6.92. The molecule has 0 radical (unpaired) electrons. The molecule has 4 heteroatoms. The first kappa shape index (κ1) is 14.4. The van der Waals surface area contributed by atoms with Crippen molar-refractivity contribution in [3.63, 3.8) is 0 Å². The maximum Gasteiger partial charge on any atom is 0.0909 e. The highest BCUT2D eigenvalue weighted by Crippen LogP contribution is 2.27. The molecule has 1 N–H and O–H groups in total. The number of β-amino-alcohol motifs (C(OH)–C–C–N with tert-alkyl or cyclic N) is 1. The lowest BCUT2D eigenvalue weighted by Crippen LogP contribution is -2.49. The number of hydrogen-bond donors (Lipinski definition) is 1. The van der Waals surface area contributed by atoms with Crippen molar-refractivity contribution in [2.75, 3.05) is 37.6 Å². The Morgan fingerprint density at radius 3 is 2.55 bits per heavy atom. The van der Waals surface area contributed by atoms with Crippen LogP contribution < -0.4 is 4.90 Å². The molecule has 1 aliphatic heterocycles. The second-order valence-electron chi connectivity index (χ2n) is 6.20. The molecule has 1 saturated heterocycles. The Balaban J connectivity index is 1.44. The lowest BCUT2D eigenvalue weighted by atomic mass is 9.85. The van der Waals surface area contributed by atoms with Crippen LogP contribution in [-0.4, -0.2) is 48.8 Å². The summed E-state index contributed by atoms with van der Waals surface area (Å²) < 4.78 is 0. The molecule has 1 aromatic rings. The van der Waals surface area contributed by atoms with Crippen LogP contribution in [0.2, 0.25) is 0 Å². The van der Waals surface area contributed by atoms with Gasteiger partial charge in [-0.15, -0.1) is 11.3 Å². The van der Waals surface area contributed by atoms with E-state index >= 15 is 0 Å². The Morgan fingerprint density at radius 1 is 1.15 bits per heavy atom. The van der Waals surface area contributed by atoms with Crippen molar-refractivity contribution in [3.05, 3.63) is 17.5 Å². The molecule has 3 rings (SSSR count). The summed E-state index contributed by atoms with van der Waals surface area (Å²) in [5.41, 5.74) is 0. The molecular formula is C16H26N2OS. The van der Waals surface area contributed by atoms with E-state index in [-0.39, 0.29) is 6.10 Å². The summed E-state index contributed by atoms with van der Waals surface area (Å²) in [6.07, 6.45) is 6.35. The lowest BCUT2D eigenvalue weighted by molar-refractivity contribution is 0.0460. The number of nitrogens with zero attached hydrogens (tertiary/aromatic N) is 2. The summed E-state index contributed by atoms with van der Waals surface area (Å²) in [7, 11) is 0. The third-order valence-corrected chi connectivity index (χ3v) is 5.76. The fourth-order valence-corrected chi connectivity index (χ4v) is 4.32. The number of thiophene rings is 1. The van der Waals surface area contributed by atoms with Gasteiger partial charge in [-0.1, -0.05) is 19.3 Å². The van der Waals surface area contributed by atoms with Gasteiger partial charge in [0.2, 0.25) is 0 Å². The van der Waals surface area contributed by atoms with Crippen LogP contribution in [0.5, 0.6) is 0 Å². The number of piperazine rings is 1. The summed E-state index contributed by atoms with van der Waals surface area (Å²) in [5.74, 6) is 0.555. The Hall–Kier alpha value is -0.580. The van der Waals surface area contributed by atoms with Gasteiger partial charge in [0, 0.05) is 32.7 Å². The number of rotatable bonds is 4. The van der Waals surface area contributed by atoms with E-state index in [1.807, 2.05) is 11.3 Å². The second-order valence-corrected chi connectivity index (χ2v) is 7.13. The van der Waals surface area contributed by atoms with Gasteiger partial charge in [0.25, 0.3) is 0 Å². The molecule has 0 spiro atoms. The van der Waals surface area contributed by atoms with E-state index in [9.17, 15) is 5.11 Å². The molecule has 2 aliphatic rings. The predicted molar refractivity (Wildman–Crippen MR) is 85.6 cm³/mol. The smallest absolute Gasteiger partial charge is 0.0909 e. The average Bonchev–Trinajstić information content (AvgIpc) is 3.03. The molecule has 1 atom stereocenters. The highest BCUT2D eigenvalue weighted by atomic mass is 32.1. The fraction of sp³-hybridized carbons (Fsp3) is 0.750. The van der Waals surface area contributed by atoms with Crippen molar-refractivity contribution in [1.82, 2.24) is 4.90 Å². The van der Waals surface area contributed by atoms with Gasteiger partial charge < -0.3 is 10.0 Å². The van der Waals surface area contributed by atoms with E-state index in [1.165, 1.54) is 37.1 Å². The summed E-state index contributed by atoms with van der Waals surface area (Å²) in [5, 5.41) is 14.0. The van der Waals surface area contributed by atoms with Gasteiger partial charge in [-0.05, 0) is 36.3 Å². The normalized spacial score (nSPS) is 23.9. The Labute approximate surface area is 126 Å². The number of aliphatic hydroxyl groups is 1. The predicted octanol–water partition coefficient (Wildman–Crippen LogP) is 2.81. The van der Waals surface area contributed by atoms with Crippen molar-refractivity contribution in [3.8, 4) is 0 Å². The van der Waals surface area contributed by atoms with Gasteiger partial charge >= 0.3 is 0 Å². The Kier molecular flexibility index (Phi) is 4.97. The molecule has 2 fully saturated rings. The van der Waals surface area contributed by atoms with Crippen LogP contribution in [0.25, 0.3) is 0 Å². The van der Waals surface area contributed by atoms with Gasteiger partial charge in [-0.3, -0.25) is 4.90 Å². The zero-order chi connectivity index (χ0) is 13.8. The third-order valence-electron chi connectivity index (χ3n) is 4.83. The van der Waals surface area contributed by atoms with E-state index < -0.39 is 0 Å². The molecule has 112 valence electrons. The molecule has 1 aliphatic carbocycles. The first-order valence-corrected chi connectivity index (χ1v) is 8.90. The third kappa shape index (κ3) is 3.54. The van der Waals surface area contributed by atoms with Crippen molar-refractivity contribution in [1.29, 1.82) is 0 Å². The standard InChI is InChI=1S/C16H26N2OS/c19-15(14-5-2-1-3-6-14)13-17-8-10-18(11-9-17)16-7-4-12-20-16/h4,7,12,14-15,19H,1-3,5-6,8-11,13H2. The highest BCUT2D eigenvalue weighted by molar-refractivity contribution is 7.14. The first-order valence-electron chi connectivity index (χ1n) is 8.02. The number of hydrogen-bond acceptors (Lipinski definition) is 4. The minimum atomic E-state index is -0.108. The molecule has 1 aromatic heterocycles. The summed E-state index contributed by atoms with van der Waals surface area (Å²) in [6, 6.07) is 4.33. The molecule has 20 heavy (non-hydrogen) atoms. The van der Waals surface area contributed by atoms with Crippen LogP contribution in [0.4, 0.5) is 5.00 Å². The van der Waals surface area contributed by atoms with Crippen LogP contribution in [0, 0.1) is 5.92 Å². The molecule has 1 unspecified atom stereocenters. The van der Waals surface area contributed by atoms with Crippen LogP contribution in [0.3, 0.4) is 0 Å². The molecular weight excluding hydrogens is 268 g/mol. The average molecular weight is 294 g/mol. The lowest BCUT2D eigenvalue weighted by Gasteiger charge is -2.37. The van der Waals surface area contributed by atoms with Gasteiger partial charge in [0.1, 0.15) is 0 Å². The maximum atomic E-state index is 10.4. The number of aliphatic hydroxyl groups excluding tert-OH is 1. The van der Waals surface area contributed by atoms with Crippen molar-refractivity contribution < 1.29 is 5.11 Å². The van der Waals surface area contributed by atoms with Crippen LogP contribution >= 0.6 is 11.3 Å². The van der Waals surface area contributed by atoms with E-state index in [0.717, 1.165) is 32.7 Å². The molecule has 3 nitrogen and oxygen atoms in total. The van der Waals surface area contributed by atoms with Crippen molar-refractivity contribution in [2.24, 2.45) is 5.92 Å². The maximum absolute atomic E-state index is 10.4. The monoisotopic (exact) mass is 294 g/mol. The fourth-order valence-electron chi connectivity index (χ4n) is 3.53. The molecule has 0 bridgehead atoms. The zero-order valence-corrected chi connectivity index (χ0v) is 13.0. The summed E-state index contributed by atoms with van der Waals surface area (Å²) >= 11 is 1.83. The van der Waals surface area contributed by atoms with E-state index in [1.54, 1.807) is 0 Å². The molecule has 1 saturated carbocycles. The van der Waals surface area contributed by atoms with Crippen LogP contribution in [-0.2, 0) is 0 Å². The Morgan fingerprint density at radius 2 is 1.90 bits per heavy atom. The van der Waals surface area contributed by atoms with Crippen LogP contribution in [0.1, 0.15) is 32.1 Å². The molecule has 2 heterocycles. The van der Waals surface area contributed by atoms with E-state index in [4.69, 9.17) is 0 Å². The minimum absolute atomic E-state index is 0.108. The number of anilines is 1. The van der Waals surface area contributed by atoms with E-state index in [0.29, 0.717) is 5.92 Å². The summed E-state index contributed by atoms with van der Waals surface area (Å²) in [4.78, 5) is 4.91. The van der Waals surface area contributed by atoms with Crippen LogP contribution in [0.15, 0.2) is 17.5 Å². The SMILES string of the molecule is OC(CN1CCN(c2cccs2)CC1)C1CCCCC1.